The van der Waals surface area contributed by atoms with E-state index in [1.165, 1.54) is 19.1 Å². The van der Waals surface area contributed by atoms with E-state index in [1.807, 2.05) is 26.0 Å². The fourth-order valence-corrected chi connectivity index (χ4v) is 4.05. The molecule has 0 unspecified atom stereocenters. The Labute approximate surface area is 158 Å². The predicted molar refractivity (Wildman–Crippen MR) is 107 cm³/mol. The molecule has 6 nitrogen and oxygen atoms in total. The summed E-state index contributed by atoms with van der Waals surface area (Å²) in [6, 6.07) is 6.18. The van der Waals surface area contributed by atoms with Crippen molar-refractivity contribution in [1.29, 1.82) is 0 Å². The van der Waals surface area contributed by atoms with Gasteiger partial charge in [-0.3, -0.25) is 4.90 Å². The van der Waals surface area contributed by atoms with E-state index in [0.717, 1.165) is 49.3 Å². The second-order valence-electron chi connectivity index (χ2n) is 6.85. The van der Waals surface area contributed by atoms with Crippen molar-refractivity contribution < 1.29 is 8.42 Å². The van der Waals surface area contributed by atoms with Crippen LogP contribution in [0.5, 0.6) is 0 Å². The van der Waals surface area contributed by atoms with Gasteiger partial charge >= 0.3 is 0 Å². The molecule has 1 aliphatic rings. The molecule has 146 valence electrons. The summed E-state index contributed by atoms with van der Waals surface area (Å²) in [6.45, 7) is 10.4. The van der Waals surface area contributed by atoms with E-state index in [-0.39, 0.29) is 0 Å². The summed E-state index contributed by atoms with van der Waals surface area (Å²) in [6.07, 6.45) is 3.89. The summed E-state index contributed by atoms with van der Waals surface area (Å²) < 4.78 is 23.4. The van der Waals surface area contributed by atoms with Crippen LogP contribution in [0.15, 0.2) is 28.1 Å². The lowest BCUT2D eigenvalue weighted by Crippen LogP contribution is -2.42. The van der Waals surface area contributed by atoms with Crippen molar-refractivity contribution in [1.82, 2.24) is 15.5 Å². The van der Waals surface area contributed by atoms with E-state index < -0.39 is 9.84 Å². The number of nitrogens with zero attached hydrogens (tertiary/aromatic N) is 2. The Bertz CT molecular complexity index is 727. The molecule has 1 aromatic carbocycles. The topological polar surface area (TPSA) is 73.8 Å². The Hall–Kier alpha value is -1.60. The van der Waals surface area contributed by atoms with Gasteiger partial charge in [0.05, 0.1) is 11.4 Å². The first-order chi connectivity index (χ1) is 12.3. The molecule has 2 N–H and O–H groups in total. The highest BCUT2D eigenvalue weighted by Gasteiger charge is 2.27. The first kappa shape index (κ1) is 20.7. The molecule has 0 aromatic heterocycles. The molecule has 0 heterocycles. The SMILES string of the molecule is CCNC(=NCc1ccc(S(C)(=O)=O)c(C)c1)NCCN(CC)C1CC1. The predicted octanol–water partition coefficient (Wildman–Crippen LogP) is 1.94. The number of guanidine groups is 1. The molecule has 0 atom stereocenters. The van der Waals surface area contributed by atoms with E-state index in [9.17, 15) is 8.42 Å². The van der Waals surface area contributed by atoms with Gasteiger partial charge in [-0.25, -0.2) is 13.4 Å². The van der Waals surface area contributed by atoms with Gasteiger partial charge < -0.3 is 10.6 Å². The van der Waals surface area contributed by atoms with E-state index in [1.54, 1.807) is 6.07 Å². The highest BCUT2D eigenvalue weighted by molar-refractivity contribution is 7.90. The Balaban J connectivity index is 1.94. The van der Waals surface area contributed by atoms with Crippen LogP contribution in [0.1, 0.15) is 37.8 Å². The second-order valence-corrected chi connectivity index (χ2v) is 8.84. The van der Waals surface area contributed by atoms with Crippen LogP contribution < -0.4 is 10.6 Å². The van der Waals surface area contributed by atoms with Crippen molar-refractivity contribution in [2.24, 2.45) is 4.99 Å². The van der Waals surface area contributed by atoms with Gasteiger partial charge in [-0.1, -0.05) is 19.1 Å². The average Bonchev–Trinajstić information content (AvgIpc) is 3.40. The summed E-state index contributed by atoms with van der Waals surface area (Å²) >= 11 is 0. The Morgan fingerprint density at radius 2 is 2.00 bits per heavy atom. The van der Waals surface area contributed by atoms with Gasteiger partial charge in [0, 0.05) is 31.9 Å². The van der Waals surface area contributed by atoms with Crippen LogP contribution in [0.25, 0.3) is 0 Å². The molecule has 26 heavy (non-hydrogen) atoms. The molecule has 1 fully saturated rings. The minimum atomic E-state index is -3.18. The molecule has 1 aromatic rings. The van der Waals surface area contributed by atoms with Crippen molar-refractivity contribution in [2.45, 2.75) is 51.1 Å². The maximum atomic E-state index is 11.7. The molecule has 0 aliphatic heterocycles. The smallest absolute Gasteiger partial charge is 0.191 e. The number of likely N-dealkylation sites (N-methyl/N-ethyl adjacent to an activating group) is 1. The number of benzene rings is 1. The van der Waals surface area contributed by atoms with Gasteiger partial charge in [0.25, 0.3) is 0 Å². The van der Waals surface area contributed by atoms with Crippen LogP contribution in [-0.4, -0.2) is 57.8 Å². The number of aryl methyl sites for hydroxylation is 1. The molecule has 1 saturated carbocycles. The van der Waals surface area contributed by atoms with Gasteiger partial charge in [-0.2, -0.15) is 0 Å². The molecular formula is C19H32N4O2S. The number of nitrogens with one attached hydrogen (secondary N) is 2. The van der Waals surface area contributed by atoms with Crippen LogP contribution in [0.3, 0.4) is 0 Å². The molecule has 1 aliphatic carbocycles. The van der Waals surface area contributed by atoms with Crippen molar-refractivity contribution in [3.8, 4) is 0 Å². The molecule has 0 radical (unpaired) electrons. The van der Waals surface area contributed by atoms with Crippen LogP contribution in [-0.2, 0) is 16.4 Å². The van der Waals surface area contributed by atoms with E-state index >= 15 is 0 Å². The number of rotatable bonds is 9. The molecule has 7 heteroatoms. The minimum absolute atomic E-state index is 0.384. The zero-order valence-corrected chi connectivity index (χ0v) is 17.2. The quantitative estimate of drug-likeness (QED) is 0.506. The molecule has 0 spiro atoms. The minimum Gasteiger partial charge on any atom is -0.357 e. The van der Waals surface area contributed by atoms with Crippen LogP contribution >= 0.6 is 0 Å². The zero-order valence-electron chi connectivity index (χ0n) is 16.4. The maximum absolute atomic E-state index is 11.7. The monoisotopic (exact) mass is 380 g/mol. The summed E-state index contributed by atoms with van der Waals surface area (Å²) in [4.78, 5) is 7.51. The van der Waals surface area contributed by atoms with E-state index in [0.29, 0.717) is 11.4 Å². The van der Waals surface area contributed by atoms with Gasteiger partial charge in [0.15, 0.2) is 15.8 Å². The highest BCUT2D eigenvalue weighted by atomic mass is 32.2. The first-order valence-corrected chi connectivity index (χ1v) is 11.3. The third kappa shape index (κ3) is 6.29. The van der Waals surface area contributed by atoms with Crippen LogP contribution in [0, 0.1) is 6.92 Å². The van der Waals surface area contributed by atoms with Crippen LogP contribution in [0.2, 0.25) is 0 Å². The van der Waals surface area contributed by atoms with Crippen molar-refractivity contribution in [3.05, 3.63) is 29.3 Å². The van der Waals surface area contributed by atoms with Gasteiger partial charge in [0.2, 0.25) is 0 Å². The van der Waals surface area contributed by atoms with Gasteiger partial charge in [-0.15, -0.1) is 0 Å². The van der Waals surface area contributed by atoms with Crippen molar-refractivity contribution in [3.63, 3.8) is 0 Å². The second kappa shape index (κ2) is 9.37. The molecule has 0 saturated heterocycles. The largest absolute Gasteiger partial charge is 0.357 e. The van der Waals surface area contributed by atoms with E-state index in [2.05, 4.69) is 27.4 Å². The molecule has 0 amide bonds. The Kier molecular flexibility index (Phi) is 7.46. The fraction of sp³-hybridized carbons (Fsp3) is 0.632. The third-order valence-corrected chi connectivity index (χ3v) is 5.82. The summed E-state index contributed by atoms with van der Waals surface area (Å²) in [5, 5.41) is 6.65. The van der Waals surface area contributed by atoms with Gasteiger partial charge in [0.1, 0.15) is 0 Å². The third-order valence-electron chi connectivity index (χ3n) is 4.56. The standard InChI is InChI=1S/C19H32N4O2S/c1-5-20-19(21-11-12-23(6-2)17-8-9-17)22-14-16-7-10-18(15(3)13-16)26(4,24)25/h7,10,13,17H,5-6,8-9,11-12,14H2,1-4H3,(H2,20,21,22). The average molecular weight is 381 g/mol. The highest BCUT2D eigenvalue weighted by Crippen LogP contribution is 2.25. The zero-order chi connectivity index (χ0) is 19.2. The number of aliphatic imine (C=N–C) groups is 1. The molecule has 0 bridgehead atoms. The van der Waals surface area contributed by atoms with Crippen LogP contribution in [0.4, 0.5) is 0 Å². The van der Waals surface area contributed by atoms with E-state index in [4.69, 9.17) is 0 Å². The lowest BCUT2D eigenvalue weighted by molar-refractivity contribution is 0.282. The normalized spacial score (nSPS) is 15.3. The van der Waals surface area contributed by atoms with Crippen molar-refractivity contribution >= 4 is 15.8 Å². The van der Waals surface area contributed by atoms with Crippen molar-refractivity contribution in [2.75, 3.05) is 32.4 Å². The Morgan fingerprint density at radius 1 is 1.27 bits per heavy atom. The Morgan fingerprint density at radius 3 is 2.54 bits per heavy atom. The summed E-state index contributed by atoms with van der Waals surface area (Å²) in [5.41, 5.74) is 1.77. The number of hydrogen-bond donors (Lipinski definition) is 2. The lowest BCUT2D eigenvalue weighted by Gasteiger charge is -2.20. The summed E-state index contributed by atoms with van der Waals surface area (Å²) in [5.74, 6) is 0.796. The van der Waals surface area contributed by atoms with Gasteiger partial charge in [-0.05, 0) is 50.4 Å². The number of sulfone groups is 1. The lowest BCUT2D eigenvalue weighted by atomic mass is 10.1. The fourth-order valence-electron chi connectivity index (χ4n) is 3.09. The molecular weight excluding hydrogens is 348 g/mol. The number of hydrogen-bond acceptors (Lipinski definition) is 4. The molecule has 2 rings (SSSR count). The maximum Gasteiger partial charge on any atom is 0.191 e. The summed E-state index contributed by atoms with van der Waals surface area (Å²) in [7, 11) is -3.18. The first-order valence-electron chi connectivity index (χ1n) is 9.41.